The Morgan fingerprint density at radius 3 is 2.60 bits per heavy atom. The van der Waals surface area contributed by atoms with Crippen LogP contribution in [0.25, 0.3) is 0 Å². The summed E-state index contributed by atoms with van der Waals surface area (Å²) in [7, 11) is 0. The highest BCUT2D eigenvalue weighted by Gasteiger charge is 2.20. The van der Waals surface area contributed by atoms with Gasteiger partial charge in [-0.1, -0.05) is 24.3 Å². The maximum atomic E-state index is 12.0. The third-order valence-corrected chi connectivity index (χ3v) is 4.24. The highest BCUT2D eigenvalue weighted by atomic mass is 16.4. The molecule has 0 radical (unpaired) electrons. The molecule has 0 spiro atoms. The SMILES string of the molecule is CC(O)CCCC(O)/C=C/C1=C(C/C=C\CCCC(=O)O)C(=O)CC1. The van der Waals surface area contributed by atoms with Gasteiger partial charge in [-0.25, -0.2) is 0 Å². The summed E-state index contributed by atoms with van der Waals surface area (Å²) in [6.45, 7) is 1.73. The monoisotopic (exact) mass is 350 g/mol. The van der Waals surface area contributed by atoms with Gasteiger partial charge in [0.25, 0.3) is 0 Å². The Hall–Kier alpha value is -1.72. The molecule has 0 saturated heterocycles. The van der Waals surface area contributed by atoms with Crippen molar-refractivity contribution in [1.82, 2.24) is 0 Å². The van der Waals surface area contributed by atoms with Crippen LogP contribution in [0.5, 0.6) is 0 Å². The lowest BCUT2D eigenvalue weighted by atomic mass is 10.0. The van der Waals surface area contributed by atoms with Crippen molar-refractivity contribution >= 4 is 11.8 Å². The number of carbonyl (C=O) groups is 2. The highest BCUT2D eigenvalue weighted by molar-refractivity contribution is 5.99. The Kier molecular flexibility index (Phi) is 10.0. The fourth-order valence-corrected chi connectivity index (χ4v) is 2.79. The first kappa shape index (κ1) is 21.3. The Morgan fingerprint density at radius 1 is 1.16 bits per heavy atom. The van der Waals surface area contributed by atoms with E-state index in [1.165, 1.54) is 0 Å². The summed E-state index contributed by atoms with van der Waals surface area (Å²) in [5.41, 5.74) is 1.77. The zero-order valence-corrected chi connectivity index (χ0v) is 15.0. The molecule has 5 heteroatoms. The molecule has 0 aromatic heterocycles. The van der Waals surface area contributed by atoms with Crippen molar-refractivity contribution in [3.05, 3.63) is 35.5 Å². The molecule has 140 valence electrons. The van der Waals surface area contributed by atoms with Crippen molar-refractivity contribution in [2.75, 3.05) is 0 Å². The topological polar surface area (TPSA) is 94.8 Å². The second-order valence-electron chi connectivity index (χ2n) is 6.59. The fraction of sp³-hybridized carbons (Fsp3) is 0.600. The molecule has 5 nitrogen and oxygen atoms in total. The van der Waals surface area contributed by atoms with E-state index in [0.717, 1.165) is 17.6 Å². The fourth-order valence-electron chi connectivity index (χ4n) is 2.79. The number of carboxylic acids is 1. The first-order valence-electron chi connectivity index (χ1n) is 9.06. The van der Waals surface area contributed by atoms with Crippen molar-refractivity contribution in [3.8, 4) is 0 Å². The van der Waals surface area contributed by atoms with Gasteiger partial charge in [-0.15, -0.1) is 0 Å². The molecule has 2 atom stereocenters. The van der Waals surface area contributed by atoms with E-state index in [0.29, 0.717) is 44.9 Å². The van der Waals surface area contributed by atoms with Crippen LogP contribution >= 0.6 is 0 Å². The summed E-state index contributed by atoms with van der Waals surface area (Å²) >= 11 is 0. The highest BCUT2D eigenvalue weighted by Crippen LogP contribution is 2.27. The predicted molar refractivity (Wildman–Crippen MR) is 97.2 cm³/mol. The summed E-state index contributed by atoms with van der Waals surface area (Å²) in [6.07, 6.45) is 11.8. The van der Waals surface area contributed by atoms with E-state index < -0.39 is 12.1 Å². The van der Waals surface area contributed by atoms with Crippen LogP contribution in [0.1, 0.15) is 64.7 Å². The summed E-state index contributed by atoms with van der Waals surface area (Å²) < 4.78 is 0. The molecule has 0 saturated carbocycles. The lowest BCUT2D eigenvalue weighted by Gasteiger charge is -2.07. The molecule has 1 aliphatic rings. The molecule has 2 unspecified atom stereocenters. The van der Waals surface area contributed by atoms with Gasteiger partial charge in [-0.2, -0.15) is 0 Å². The summed E-state index contributed by atoms with van der Waals surface area (Å²) in [6, 6.07) is 0. The molecule has 25 heavy (non-hydrogen) atoms. The number of unbranched alkanes of at least 4 members (excludes halogenated alkanes) is 1. The number of hydrogen-bond donors (Lipinski definition) is 3. The van der Waals surface area contributed by atoms with Crippen molar-refractivity contribution < 1.29 is 24.9 Å². The van der Waals surface area contributed by atoms with Gasteiger partial charge in [0.2, 0.25) is 0 Å². The van der Waals surface area contributed by atoms with Crippen LogP contribution < -0.4 is 0 Å². The van der Waals surface area contributed by atoms with E-state index in [-0.39, 0.29) is 18.3 Å². The van der Waals surface area contributed by atoms with Crippen molar-refractivity contribution in [1.29, 1.82) is 0 Å². The number of ketones is 1. The second-order valence-corrected chi connectivity index (χ2v) is 6.59. The lowest BCUT2D eigenvalue weighted by molar-refractivity contribution is -0.137. The molecule has 1 rings (SSSR count). The third-order valence-electron chi connectivity index (χ3n) is 4.24. The first-order chi connectivity index (χ1) is 11.9. The van der Waals surface area contributed by atoms with E-state index in [9.17, 15) is 19.8 Å². The Bertz CT molecular complexity index is 528. The third kappa shape index (κ3) is 9.37. The van der Waals surface area contributed by atoms with Crippen LogP contribution in [0.3, 0.4) is 0 Å². The number of rotatable bonds is 12. The average molecular weight is 350 g/mol. The van der Waals surface area contributed by atoms with E-state index >= 15 is 0 Å². The van der Waals surface area contributed by atoms with Crippen LogP contribution in [-0.2, 0) is 9.59 Å². The average Bonchev–Trinajstić information content (AvgIpc) is 2.88. The first-order valence-corrected chi connectivity index (χ1v) is 9.06. The van der Waals surface area contributed by atoms with Gasteiger partial charge in [0.05, 0.1) is 12.2 Å². The molecule has 0 aromatic carbocycles. The molecule has 0 aromatic rings. The minimum absolute atomic E-state index is 0.151. The Labute approximate surface area is 149 Å². The van der Waals surface area contributed by atoms with Crippen molar-refractivity contribution in [2.24, 2.45) is 0 Å². The number of Topliss-reactive ketones (excluding diaryl/α,β-unsaturated/α-hetero) is 1. The van der Waals surface area contributed by atoms with E-state index in [1.54, 1.807) is 13.0 Å². The van der Waals surface area contributed by atoms with E-state index in [1.807, 2.05) is 18.2 Å². The molecular formula is C20H30O5. The zero-order chi connectivity index (χ0) is 18.7. The van der Waals surface area contributed by atoms with Crippen LogP contribution in [0.15, 0.2) is 35.5 Å². The van der Waals surface area contributed by atoms with Gasteiger partial charge in [0.15, 0.2) is 5.78 Å². The van der Waals surface area contributed by atoms with Crippen LogP contribution in [-0.4, -0.2) is 39.3 Å². The number of aliphatic hydroxyl groups is 2. The standard InChI is InChI=1S/C20H30O5/c1-15(21)7-6-8-17(22)13-11-16-12-14-19(23)18(16)9-4-2-3-5-10-20(24)25/h2,4,11,13,15,17,21-22H,3,5-10,12,14H2,1H3,(H,24,25)/b4-2-,13-11+. The van der Waals surface area contributed by atoms with Gasteiger partial charge < -0.3 is 15.3 Å². The molecule has 0 bridgehead atoms. The predicted octanol–water partition coefficient (Wildman–Crippen LogP) is 3.32. The number of carboxylic acid groups (broad SMARTS) is 1. The normalized spacial score (nSPS) is 17.8. The molecule has 0 amide bonds. The minimum atomic E-state index is -0.790. The number of carbonyl (C=O) groups excluding carboxylic acids is 1. The number of aliphatic hydroxyl groups excluding tert-OH is 2. The van der Waals surface area contributed by atoms with Gasteiger partial charge in [-0.3, -0.25) is 9.59 Å². The van der Waals surface area contributed by atoms with Gasteiger partial charge in [0, 0.05) is 18.4 Å². The molecular weight excluding hydrogens is 320 g/mol. The lowest BCUT2D eigenvalue weighted by Crippen LogP contribution is -2.05. The zero-order valence-electron chi connectivity index (χ0n) is 15.0. The second kappa shape index (κ2) is 11.8. The van der Waals surface area contributed by atoms with Gasteiger partial charge in [0.1, 0.15) is 0 Å². The molecule has 0 aliphatic heterocycles. The Balaban J connectivity index is 2.48. The summed E-state index contributed by atoms with van der Waals surface area (Å²) in [4.78, 5) is 22.4. The largest absolute Gasteiger partial charge is 0.481 e. The van der Waals surface area contributed by atoms with E-state index in [2.05, 4.69) is 0 Å². The number of aliphatic carboxylic acids is 1. The summed E-state index contributed by atoms with van der Waals surface area (Å²) in [5.74, 6) is -0.639. The molecule has 0 fully saturated rings. The number of allylic oxidation sites excluding steroid dienone is 5. The molecule has 1 aliphatic carbocycles. The molecule has 0 heterocycles. The smallest absolute Gasteiger partial charge is 0.303 e. The quantitative estimate of drug-likeness (QED) is 0.371. The minimum Gasteiger partial charge on any atom is -0.481 e. The van der Waals surface area contributed by atoms with Crippen molar-refractivity contribution in [3.63, 3.8) is 0 Å². The number of hydrogen-bond acceptors (Lipinski definition) is 4. The van der Waals surface area contributed by atoms with E-state index in [4.69, 9.17) is 5.11 Å². The van der Waals surface area contributed by atoms with Crippen LogP contribution in [0.2, 0.25) is 0 Å². The van der Waals surface area contributed by atoms with Crippen molar-refractivity contribution in [2.45, 2.75) is 76.9 Å². The Morgan fingerprint density at radius 2 is 1.92 bits per heavy atom. The summed E-state index contributed by atoms with van der Waals surface area (Å²) in [5, 5.41) is 27.8. The van der Waals surface area contributed by atoms with Gasteiger partial charge in [-0.05, 0) is 57.4 Å². The maximum Gasteiger partial charge on any atom is 0.303 e. The maximum absolute atomic E-state index is 12.0. The van der Waals surface area contributed by atoms with Crippen LogP contribution in [0, 0.1) is 0 Å². The molecule has 3 N–H and O–H groups in total. The van der Waals surface area contributed by atoms with Gasteiger partial charge >= 0.3 is 5.97 Å². The van der Waals surface area contributed by atoms with Crippen LogP contribution in [0.4, 0.5) is 0 Å².